The van der Waals surface area contributed by atoms with E-state index in [0.717, 1.165) is 30.0 Å². The van der Waals surface area contributed by atoms with E-state index in [9.17, 15) is 14.0 Å². The van der Waals surface area contributed by atoms with Crippen LogP contribution in [0.15, 0.2) is 30.6 Å². The predicted octanol–water partition coefficient (Wildman–Crippen LogP) is 3.24. The number of hydrogen-bond acceptors (Lipinski definition) is 6. The Hall–Kier alpha value is -2.78. The lowest BCUT2D eigenvalue weighted by Gasteiger charge is -2.40. The Balaban J connectivity index is 1.28. The quantitative estimate of drug-likeness (QED) is 0.593. The minimum absolute atomic E-state index is 0.0821. The number of halogens is 2. The number of fused-ring (bicyclic) bond motifs is 1. The number of hydrogen-bond donors (Lipinski definition) is 0. The second kappa shape index (κ2) is 10.9. The third-order valence-corrected chi connectivity index (χ3v) is 8.22. The molecular formula is C27H34ClFN6O2. The molecule has 10 heteroatoms. The van der Waals surface area contributed by atoms with E-state index < -0.39 is 6.17 Å². The van der Waals surface area contributed by atoms with E-state index in [-0.39, 0.29) is 23.7 Å². The van der Waals surface area contributed by atoms with Gasteiger partial charge in [0.1, 0.15) is 18.3 Å². The molecule has 198 valence electrons. The molecule has 0 radical (unpaired) electrons. The van der Waals surface area contributed by atoms with Crippen LogP contribution in [0.4, 0.5) is 10.2 Å². The zero-order valence-corrected chi connectivity index (χ0v) is 22.2. The molecule has 0 N–H and O–H groups in total. The number of benzene rings is 1. The lowest BCUT2D eigenvalue weighted by Crippen LogP contribution is -2.53. The van der Waals surface area contributed by atoms with E-state index >= 15 is 0 Å². The fourth-order valence-electron chi connectivity index (χ4n) is 5.80. The van der Waals surface area contributed by atoms with Gasteiger partial charge in [0.15, 0.2) is 0 Å². The lowest BCUT2D eigenvalue weighted by molar-refractivity contribution is -0.135. The predicted molar refractivity (Wildman–Crippen MR) is 141 cm³/mol. The van der Waals surface area contributed by atoms with Gasteiger partial charge in [0.05, 0.1) is 11.6 Å². The standard InChI is InChI=1S/C27H34ClFN6O2/c1-18-15-23(29)25-24(18)26(31-17-30-25)34-11-13-35(14-12-34)27(37)22(20-3-5-21(28)6-4-20)16-32-7-9-33(10-8-32)19(2)36/h3-6,17-18,22-23H,7-16H2,1-2H3/t18-,22-,23+/m1/s1. The first-order chi connectivity index (χ1) is 17.8. The molecule has 1 aromatic carbocycles. The van der Waals surface area contributed by atoms with Crippen LogP contribution in [0.3, 0.4) is 0 Å². The zero-order chi connectivity index (χ0) is 26.1. The van der Waals surface area contributed by atoms with E-state index in [1.165, 1.54) is 6.33 Å². The van der Waals surface area contributed by atoms with Crippen molar-refractivity contribution in [2.24, 2.45) is 0 Å². The summed E-state index contributed by atoms with van der Waals surface area (Å²) in [5.41, 5.74) is 2.38. The van der Waals surface area contributed by atoms with Gasteiger partial charge in [0.25, 0.3) is 0 Å². The normalized spacial score (nSPS) is 23.2. The molecule has 1 aliphatic carbocycles. The van der Waals surface area contributed by atoms with Crippen LogP contribution in [0.2, 0.25) is 5.02 Å². The molecule has 2 saturated heterocycles. The van der Waals surface area contributed by atoms with Crippen LogP contribution in [0.5, 0.6) is 0 Å². The van der Waals surface area contributed by atoms with Crippen LogP contribution in [0.25, 0.3) is 0 Å². The highest BCUT2D eigenvalue weighted by molar-refractivity contribution is 6.30. The van der Waals surface area contributed by atoms with Crippen LogP contribution in [0.1, 0.15) is 55.1 Å². The fraction of sp³-hybridized carbons (Fsp3) is 0.556. The van der Waals surface area contributed by atoms with Gasteiger partial charge in [0, 0.05) is 76.4 Å². The van der Waals surface area contributed by atoms with Crippen molar-refractivity contribution in [1.29, 1.82) is 0 Å². The number of carbonyl (C=O) groups is 2. The monoisotopic (exact) mass is 528 g/mol. The number of aromatic nitrogens is 2. The molecule has 1 aromatic heterocycles. The first kappa shape index (κ1) is 25.9. The van der Waals surface area contributed by atoms with Crippen molar-refractivity contribution in [2.45, 2.75) is 38.3 Å². The molecule has 5 rings (SSSR count). The Morgan fingerprint density at radius 3 is 2.30 bits per heavy atom. The number of amides is 2. The van der Waals surface area contributed by atoms with E-state index in [0.29, 0.717) is 63.0 Å². The Morgan fingerprint density at radius 1 is 1.00 bits per heavy atom. The van der Waals surface area contributed by atoms with Gasteiger partial charge in [0.2, 0.25) is 11.8 Å². The van der Waals surface area contributed by atoms with Gasteiger partial charge in [-0.3, -0.25) is 14.5 Å². The number of rotatable bonds is 5. The molecule has 2 aliphatic heterocycles. The van der Waals surface area contributed by atoms with Crippen molar-refractivity contribution in [3.63, 3.8) is 0 Å². The summed E-state index contributed by atoms with van der Waals surface area (Å²) in [5, 5.41) is 0.640. The highest BCUT2D eigenvalue weighted by atomic mass is 35.5. The van der Waals surface area contributed by atoms with Crippen molar-refractivity contribution in [3.05, 3.63) is 52.4 Å². The molecule has 3 aliphatic rings. The summed E-state index contributed by atoms with van der Waals surface area (Å²) < 4.78 is 14.4. The van der Waals surface area contributed by atoms with Crippen molar-refractivity contribution < 1.29 is 14.0 Å². The SMILES string of the molecule is CC(=O)N1CCN(C[C@@H](C(=O)N2CCN(c3ncnc4c3[C@H](C)C[C@@H]4F)CC2)c2ccc(Cl)cc2)CC1. The summed E-state index contributed by atoms with van der Waals surface area (Å²) in [4.78, 5) is 42.5. The Morgan fingerprint density at radius 2 is 1.65 bits per heavy atom. The van der Waals surface area contributed by atoms with Gasteiger partial charge < -0.3 is 14.7 Å². The molecule has 2 aromatic rings. The van der Waals surface area contributed by atoms with Gasteiger partial charge in [-0.15, -0.1) is 0 Å². The van der Waals surface area contributed by atoms with Crippen LogP contribution in [-0.2, 0) is 9.59 Å². The molecule has 3 atom stereocenters. The Kier molecular flexibility index (Phi) is 7.62. The number of nitrogens with zero attached hydrogens (tertiary/aromatic N) is 6. The fourth-order valence-corrected chi connectivity index (χ4v) is 5.92. The summed E-state index contributed by atoms with van der Waals surface area (Å²) in [6.45, 7) is 9.51. The van der Waals surface area contributed by atoms with Gasteiger partial charge >= 0.3 is 0 Å². The third kappa shape index (κ3) is 5.43. The number of carbonyl (C=O) groups excluding carboxylic acids is 2. The van der Waals surface area contributed by atoms with Gasteiger partial charge in [-0.25, -0.2) is 14.4 Å². The molecule has 37 heavy (non-hydrogen) atoms. The van der Waals surface area contributed by atoms with E-state index in [1.54, 1.807) is 6.92 Å². The van der Waals surface area contributed by atoms with Crippen LogP contribution in [-0.4, -0.2) is 95.4 Å². The summed E-state index contributed by atoms with van der Waals surface area (Å²) >= 11 is 6.13. The van der Waals surface area contributed by atoms with Gasteiger partial charge in [-0.05, 0) is 30.0 Å². The Bertz CT molecular complexity index is 1130. The maximum atomic E-state index is 14.4. The average Bonchev–Trinajstić information content (AvgIpc) is 3.21. The van der Waals surface area contributed by atoms with Crippen molar-refractivity contribution in [3.8, 4) is 0 Å². The van der Waals surface area contributed by atoms with Crippen LogP contribution < -0.4 is 4.90 Å². The second-order valence-electron chi connectivity index (χ2n) is 10.3. The molecule has 8 nitrogen and oxygen atoms in total. The molecule has 2 amide bonds. The lowest BCUT2D eigenvalue weighted by atomic mass is 9.96. The molecule has 0 unspecified atom stereocenters. The van der Waals surface area contributed by atoms with E-state index in [2.05, 4.69) is 19.8 Å². The topological polar surface area (TPSA) is 72.9 Å². The first-order valence-corrected chi connectivity index (χ1v) is 13.5. The van der Waals surface area contributed by atoms with Gasteiger partial charge in [-0.1, -0.05) is 30.7 Å². The minimum Gasteiger partial charge on any atom is -0.353 e. The molecule has 2 fully saturated rings. The minimum atomic E-state index is -1.04. The molecule has 0 bridgehead atoms. The van der Waals surface area contributed by atoms with Crippen molar-refractivity contribution in [2.75, 3.05) is 63.8 Å². The maximum absolute atomic E-state index is 14.4. The van der Waals surface area contributed by atoms with Crippen LogP contribution in [0, 0.1) is 0 Å². The van der Waals surface area contributed by atoms with E-state index in [1.807, 2.05) is 41.0 Å². The third-order valence-electron chi connectivity index (χ3n) is 7.96. The van der Waals surface area contributed by atoms with Crippen molar-refractivity contribution >= 4 is 29.2 Å². The Labute approximate surface area is 222 Å². The number of anilines is 1. The van der Waals surface area contributed by atoms with Crippen LogP contribution >= 0.6 is 11.6 Å². The number of alkyl halides is 1. The molecular weight excluding hydrogens is 495 g/mol. The molecule has 3 heterocycles. The number of piperazine rings is 2. The van der Waals surface area contributed by atoms with Gasteiger partial charge in [-0.2, -0.15) is 0 Å². The zero-order valence-electron chi connectivity index (χ0n) is 21.4. The highest BCUT2D eigenvalue weighted by Crippen LogP contribution is 2.44. The molecule has 0 saturated carbocycles. The van der Waals surface area contributed by atoms with Crippen molar-refractivity contribution in [1.82, 2.24) is 24.7 Å². The summed E-state index contributed by atoms with van der Waals surface area (Å²) in [7, 11) is 0. The second-order valence-corrected chi connectivity index (χ2v) is 10.8. The average molecular weight is 529 g/mol. The maximum Gasteiger partial charge on any atom is 0.231 e. The summed E-state index contributed by atoms with van der Waals surface area (Å²) in [6.07, 6.45) is 0.869. The summed E-state index contributed by atoms with van der Waals surface area (Å²) in [6, 6.07) is 7.54. The summed E-state index contributed by atoms with van der Waals surface area (Å²) in [5.74, 6) is 0.763. The first-order valence-electron chi connectivity index (χ1n) is 13.1. The smallest absolute Gasteiger partial charge is 0.231 e. The largest absolute Gasteiger partial charge is 0.353 e. The highest BCUT2D eigenvalue weighted by Gasteiger charge is 2.36. The van der Waals surface area contributed by atoms with E-state index in [4.69, 9.17) is 11.6 Å². The molecule has 0 spiro atoms.